The van der Waals surface area contributed by atoms with Crippen molar-refractivity contribution in [2.75, 3.05) is 26.2 Å². The van der Waals surface area contributed by atoms with Crippen molar-refractivity contribution in [1.29, 1.82) is 0 Å². The van der Waals surface area contributed by atoms with Crippen LogP contribution in [0.3, 0.4) is 0 Å². The Morgan fingerprint density at radius 2 is 1.95 bits per heavy atom. The van der Waals surface area contributed by atoms with E-state index in [2.05, 4.69) is 14.9 Å². The normalized spacial score (nSPS) is 20.1. The minimum atomic E-state index is 0.498. The lowest BCUT2D eigenvalue weighted by Crippen LogP contribution is -2.33. The fourth-order valence-electron chi connectivity index (χ4n) is 2.60. The molecule has 2 heterocycles. The van der Waals surface area contributed by atoms with Crippen molar-refractivity contribution in [2.24, 2.45) is 0 Å². The molecule has 110 valence electrons. The molecule has 5 heteroatoms. The lowest BCUT2D eigenvalue weighted by Gasteiger charge is -2.26. The molecule has 1 saturated carbocycles. The fourth-order valence-corrected chi connectivity index (χ4v) is 2.77. The molecule has 0 aromatic carbocycles. The predicted molar refractivity (Wildman–Crippen MR) is 79.5 cm³/mol. The molecule has 0 bridgehead atoms. The molecule has 2 aliphatic rings. The average molecular weight is 296 g/mol. The molecule has 0 radical (unpaired) electrons. The van der Waals surface area contributed by atoms with Crippen molar-refractivity contribution in [1.82, 2.24) is 14.9 Å². The molecular formula is C15H22ClN3O. The smallest absolute Gasteiger partial charge is 0.221 e. The van der Waals surface area contributed by atoms with Gasteiger partial charge in [0.05, 0.1) is 0 Å². The molecular weight excluding hydrogens is 274 g/mol. The highest BCUT2D eigenvalue weighted by Crippen LogP contribution is 2.39. The van der Waals surface area contributed by atoms with Crippen LogP contribution >= 0.6 is 11.6 Å². The topological polar surface area (TPSA) is 38.3 Å². The number of likely N-dealkylation sites (tertiary alicyclic amines) is 1. The summed E-state index contributed by atoms with van der Waals surface area (Å²) >= 11 is 6.18. The Morgan fingerprint density at radius 3 is 2.65 bits per heavy atom. The highest BCUT2D eigenvalue weighted by molar-refractivity contribution is 6.30. The van der Waals surface area contributed by atoms with E-state index in [0.29, 0.717) is 23.6 Å². The van der Waals surface area contributed by atoms with Crippen LogP contribution in [0.4, 0.5) is 0 Å². The minimum absolute atomic E-state index is 0.498. The second-order valence-electron chi connectivity index (χ2n) is 5.83. The second-order valence-corrected chi connectivity index (χ2v) is 6.19. The van der Waals surface area contributed by atoms with Crippen molar-refractivity contribution in [3.05, 3.63) is 16.5 Å². The van der Waals surface area contributed by atoms with Gasteiger partial charge < -0.3 is 4.74 Å². The lowest BCUT2D eigenvalue weighted by atomic mass is 10.1. The Balaban J connectivity index is 1.58. The molecule has 1 aromatic heterocycles. The van der Waals surface area contributed by atoms with Crippen LogP contribution in [0.2, 0.25) is 5.15 Å². The van der Waals surface area contributed by atoms with Gasteiger partial charge in [-0.25, -0.2) is 4.98 Å². The fraction of sp³-hybridized carbons (Fsp3) is 0.733. The first-order valence-electron chi connectivity index (χ1n) is 7.63. The van der Waals surface area contributed by atoms with Gasteiger partial charge in [-0.05, 0) is 45.7 Å². The van der Waals surface area contributed by atoms with E-state index in [-0.39, 0.29) is 0 Å². The van der Waals surface area contributed by atoms with Crippen LogP contribution in [0.15, 0.2) is 0 Å². The van der Waals surface area contributed by atoms with Gasteiger partial charge in [0.25, 0.3) is 0 Å². The van der Waals surface area contributed by atoms with Gasteiger partial charge in [0.1, 0.15) is 17.6 Å². The van der Waals surface area contributed by atoms with E-state index in [1.54, 1.807) is 0 Å². The first-order chi connectivity index (χ1) is 9.74. The maximum Gasteiger partial charge on any atom is 0.221 e. The molecule has 0 N–H and O–H groups in total. The van der Waals surface area contributed by atoms with Crippen LogP contribution in [-0.2, 0) is 0 Å². The van der Waals surface area contributed by atoms with E-state index in [1.807, 2.05) is 6.92 Å². The average Bonchev–Trinajstić information content (AvgIpc) is 3.29. The standard InChI is InChI=1S/C15H22ClN3O/c1-11-13(16)17-14(12-5-6-12)18-15(11)20-10-9-19-7-3-2-4-8-19/h12H,2-10H2,1H3. The number of hydrogen-bond donors (Lipinski definition) is 0. The Labute approximate surface area is 125 Å². The molecule has 4 nitrogen and oxygen atoms in total. The molecule has 2 fully saturated rings. The number of rotatable bonds is 5. The molecule has 1 aromatic rings. The van der Waals surface area contributed by atoms with Crippen LogP contribution in [0.5, 0.6) is 5.88 Å². The zero-order valence-electron chi connectivity index (χ0n) is 12.1. The number of ether oxygens (including phenoxy) is 1. The molecule has 1 aliphatic heterocycles. The summed E-state index contributed by atoms with van der Waals surface area (Å²) in [6, 6.07) is 0. The summed E-state index contributed by atoms with van der Waals surface area (Å²) in [5, 5.41) is 0.537. The largest absolute Gasteiger partial charge is 0.476 e. The van der Waals surface area contributed by atoms with Gasteiger partial charge in [-0.2, -0.15) is 4.98 Å². The summed E-state index contributed by atoms with van der Waals surface area (Å²) in [4.78, 5) is 11.4. The summed E-state index contributed by atoms with van der Waals surface area (Å²) < 4.78 is 5.86. The molecule has 1 saturated heterocycles. The Bertz CT molecular complexity index is 470. The van der Waals surface area contributed by atoms with Crippen LogP contribution < -0.4 is 4.74 Å². The van der Waals surface area contributed by atoms with Crippen molar-refractivity contribution in [2.45, 2.75) is 44.9 Å². The van der Waals surface area contributed by atoms with E-state index in [4.69, 9.17) is 16.3 Å². The summed E-state index contributed by atoms with van der Waals surface area (Å²) in [5.74, 6) is 2.02. The predicted octanol–water partition coefficient (Wildman–Crippen LogP) is 3.18. The SMILES string of the molecule is Cc1c(Cl)nc(C2CC2)nc1OCCN1CCCCC1. The second kappa shape index (κ2) is 6.27. The van der Waals surface area contributed by atoms with Crippen LogP contribution in [0.1, 0.15) is 49.4 Å². The molecule has 0 spiro atoms. The number of halogens is 1. The van der Waals surface area contributed by atoms with E-state index >= 15 is 0 Å². The van der Waals surface area contributed by atoms with Gasteiger partial charge in [-0.3, -0.25) is 4.90 Å². The van der Waals surface area contributed by atoms with Crippen LogP contribution in [0, 0.1) is 6.92 Å². The van der Waals surface area contributed by atoms with Gasteiger partial charge in [0.15, 0.2) is 0 Å². The third-order valence-corrected chi connectivity index (χ3v) is 4.46. The van der Waals surface area contributed by atoms with E-state index in [0.717, 1.165) is 17.9 Å². The van der Waals surface area contributed by atoms with Crippen molar-refractivity contribution >= 4 is 11.6 Å². The van der Waals surface area contributed by atoms with E-state index < -0.39 is 0 Å². The number of hydrogen-bond acceptors (Lipinski definition) is 4. The number of aromatic nitrogens is 2. The molecule has 3 rings (SSSR count). The third-order valence-electron chi connectivity index (χ3n) is 4.10. The maximum atomic E-state index is 6.18. The Kier molecular flexibility index (Phi) is 4.41. The van der Waals surface area contributed by atoms with Gasteiger partial charge in [-0.1, -0.05) is 18.0 Å². The molecule has 0 unspecified atom stereocenters. The molecule has 0 atom stereocenters. The molecule has 20 heavy (non-hydrogen) atoms. The first-order valence-corrected chi connectivity index (χ1v) is 8.01. The summed E-state index contributed by atoms with van der Waals surface area (Å²) in [6.45, 7) is 5.97. The molecule has 0 amide bonds. The van der Waals surface area contributed by atoms with Crippen LogP contribution in [-0.4, -0.2) is 41.1 Å². The monoisotopic (exact) mass is 295 g/mol. The van der Waals surface area contributed by atoms with Crippen LogP contribution in [0.25, 0.3) is 0 Å². The zero-order chi connectivity index (χ0) is 13.9. The lowest BCUT2D eigenvalue weighted by molar-refractivity contribution is 0.179. The zero-order valence-corrected chi connectivity index (χ0v) is 12.8. The molecule has 1 aliphatic carbocycles. The third kappa shape index (κ3) is 3.41. The quantitative estimate of drug-likeness (QED) is 0.782. The maximum absolute atomic E-state index is 6.18. The van der Waals surface area contributed by atoms with Gasteiger partial charge in [0, 0.05) is 18.0 Å². The summed E-state index contributed by atoms with van der Waals surface area (Å²) in [5.41, 5.74) is 0.856. The number of piperidine rings is 1. The van der Waals surface area contributed by atoms with Crippen molar-refractivity contribution < 1.29 is 4.74 Å². The van der Waals surface area contributed by atoms with Crippen molar-refractivity contribution in [3.8, 4) is 5.88 Å². The van der Waals surface area contributed by atoms with E-state index in [9.17, 15) is 0 Å². The number of nitrogens with zero attached hydrogens (tertiary/aromatic N) is 3. The van der Waals surface area contributed by atoms with E-state index in [1.165, 1.54) is 45.2 Å². The minimum Gasteiger partial charge on any atom is -0.476 e. The highest BCUT2D eigenvalue weighted by Gasteiger charge is 2.28. The summed E-state index contributed by atoms with van der Waals surface area (Å²) in [7, 11) is 0. The highest BCUT2D eigenvalue weighted by atomic mass is 35.5. The van der Waals surface area contributed by atoms with Gasteiger partial charge in [-0.15, -0.1) is 0 Å². The van der Waals surface area contributed by atoms with Gasteiger partial charge in [0.2, 0.25) is 5.88 Å². The summed E-state index contributed by atoms with van der Waals surface area (Å²) in [6.07, 6.45) is 6.33. The van der Waals surface area contributed by atoms with Gasteiger partial charge >= 0.3 is 0 Å². The Morgan fingerprint density at radius 1 is 1.20 bits per heavy atom. The Hall–Kier alpha value is -0.870. The van der Waals surface area contributed by atoms with Crippen molar-refractivity contribution in [3.63, 3.8) is 0 Å². The first kappa shape index (κ1) is 14.1.